The molecular formula is C16H16FN3OS. The summed E-state index contributed by atoms with van der Waals surface area (Å²) in [6.07, 6.45) is 1.68. The average Bonchev–Trinajstić information content (AvgIpc) is 2.86. The van der Waals surface area contributed by atoms with Crippen LogP contribution in [0.3, 0.4) is 0 Å². The Hall–Kier alpha value is -1.92. The maximum atomic E-state index is 13.1. The van der Waals surface area contributed by atoms with Gasteiger partial charge in [-0.05, 0) is 31.2 Å². The smallest absolute Gasteiger partial charge is 0.175 e. The number of amidine groups is 1. The van der Waals surface area contributed by atoms with E-state index in [9.17, 15) is 9.50 Å². The number of hydrogen-bond acceptors (Lipinski definition) is 4. The van der Waals surface area contributed by atoms with Gasteiger partial charge < -0.3 is 10.0 Å². The molecule has 0 bridgehead atoms. The molecule has 2 heterocycles. The van der Waals surface area contributed by atoms with Gasteiger partial charge in [-0.2, -0.15) is 0 Å². The van der Waals surface area contributed by atoms with Gasteiger partial charge in [0, 0.05) is 18.3 Å². The maximum Gasteiger partial charge on any atom is 0.175 e. The highest BCUT2D eigenvalue weighted by Gasteiger charge is 2.44. The lowest BCUT2D eigenvalue weighted by Gasteiger charge is -2.33. The number of rotatable bonds is 3. The fourth-order valence-corrected chi connectivity index (χ4v) is 3.69. The van der Waals surface area contributed by atoms with Crippen LogP contribution in [0.1, 0.15) is 12.5 Å². The molecule has 1 aliphatic rings. The standard InChI is InChI=1S/C16H16FN3OS/c1-2-20-15(19-14-5-3-4-10-18-14)22-11-16(20,21)12-6-8-13(17)9-7-12/h3-10,21H,2,11H2,1H3/b19-15-. The van der Waals surface area contributed by atoms with E-state index >= 15 is 0 Å². The summed E-state index contributed by atoms with van der Waals surface area (Å²) in [5.41, 5.74) is -0.518. The number of hydrogen-bond donors (Lipinski definition) is 1. The van der Waals surface area contributed by atoms with Crippen LogP contribution in [0.5, 0.6) is 0 Å². The Balaban J connectivity index is 1.95. The zero-order valence-corrected chi connectivity index (χ0v) is 12.9. The minimum absolute atomic E-state index is 0.316. The third kappa shape index (κ3) is 2.71. The molecule has 4 nitrogen and oxygen atoms in total. The molecule has 3 rings (SSSR count). The molecule has 1 atom stereocenters. The number of thioether (sulfide) groups is 1. The number of nitrogens with zero attached hydrogens (tertiary/aromatic N) is 3. The van der Waals surface area contributed by atoms with Gasteiger partial charge in [-0.25, -0.2) is 14.4 Å². The summed E-state index contributed by atoms with van der Waals surface area (Å²) < 4.78 is 13.1. The van der Waals surface area contributed by atoms with Crippen molar-refractivity contribution in [1.29, 1.82) is 0 Å². The molecule has 1 aliphatic heterocycles. The van der Waals surface area contributed by atoms with Crippen molar-refractivity contribution < 1.29 is 9.50 Å². The molecule has 1 aromatic carbocycles. The van der Waals surface area contributed by atoms with Gasteiger partial charge in [-0.3, -0.25) is 0 Å². The van der Waals surface area contributed by atoms with Gasteiger partial charge in [-0.1, -0.05) is 30.0 Å². The number of aliphatic imine (C=N–C) groups is 1. The molecule has 0 saturated carbocycles. The van der Waals surface area contributed by atoms with Crippen LogP contribution in [-0.4, -0.2) is 32.5 Å². The normalized spacial score (nSPS) is 23.2. The monoisotopic (exact) mass is 317 g/mol. The Morgan fingerprint density at radius 2 is 2.09 bits per heavy atom. The van der Waals surface area contributed by atoms with E-state index in [0.717, 1.165) is 0 Å². The third-order valence-corrected chi connectivity index (χ3v) is 4.68. The summed E-state index contributed by atoms with van der Waals surface area (Å²) in [5.74, 6) is 0.730. The molecule has 0 aliphatic carbocycles. The average molecular weight is 317 g/mol. The number of halogens is 1. The molecule has 0 radical (unpaired) electrons. The van der Waals surface area contributed by atoms with E-state index in [1.807, 2.05) is 30.0 Å². The van der Waals surface area contributed by atoms with Crippen molar-refractivity contribution in [2.45, 2.75) is 12.6 Å². The summed E-state index contributed by atoms with van der Waals surface area (Å²) in [6, 6.07) is 11.5. The molecule has 114 valence electrons. The van der Waals surface area contributed by atoms with Crippen LogP contribution in [0.2, 0.25) is 0 Å². The zero-order valence-electron chi connectivity index (χ0n) is 12.1. The van der Waals surface area contributed by atoms with Gasteiger partial charge >= 0.3 is 0 Å². The second kappa shape index (κ2) is 6.06. The number of pyridine rings is 1. The summed E-state index contributed by atoms with van der Waals surface area (Å²) in [4.78, 5) is 10.5. The Kier molecular flexibility index (Phi) is 4.13. The number of benzene rings is 1. The minimum atomic E-state index is -1.18. The molecule has 1 unspecified atom stereocenters. The molecule has 6 heteroatoms. The van der Waals surface area contributed by atoms with Gasteiger partial charge in [0.05, 0.1) is 5.75 Å². The first-order valence-corrected chi connectivity index (χ1v) is 8.00. The molecule has 2 aromatic rings. The summed E-state index contributed by atoms with van der Waals surface area (Å²) in [5, 5.41) is 11.8. The van der Waals surface area contributed by atoms with Gasteiger partial charge in [0.25, 0.3) is 0 Å². The number of aliphatic hydroxyl groups is 1. The molecule has 0 amide bonds. The van der Waals surface area contributed by atoms with Crippen LogP contribution < -0.4 is 0 Å². The van der Waals surface area contributed by atoms with Crippen molar-refractivity contribution in [1.82, 2.24) is 9.88 Å². The van der Waals surface area contributed by atoms with Crippen LogP contribution in [-0.2, 0) is 5.72 Å². The highest BCUT2D eigenvalue weighted by atomic mass is 32.2. The number of aromatic nitrogens is 1. The minimum Gasteiger partial charge on any atom is -0.366 e. The topological polar surface area (TPSA) is 48.7 Å². The summed E-state index contributed by atoms with van der Waals surface area (Å²) in [7, 11) is 0. The van der Waals surface area contributed by atoms with Crippen LogP contribution in [0.15, 0.2) is 53.7 Å². The van der Waals surface area contributed by atoms with E-state index in [1.165, 1.54) is 23.9 Å². The van der Waals surface area contributed by atoms with E-state index < -0.39 is 5.72 Å². The molecule has 0 spiro atoms. The van der Waals surface area contributed by atoms with Crippen molar-refractivity contribution in [2.75, 3.05) is 12.3 Å². The fraction of sp³-hybridized carbons (Fsp3) is 0.250. The highest BCUT2D eigenvalue weighted by molar-refractivity contribution is 8.14. The van der Waals surface area contributed by atoms with Crippen molar-refractivity contribution in [3.05, 3.63) is 60.0 Å². The van der Waals surface area contributed by atoms with Gasteiger partial charge in [0.15, 0.2) is 16.7 Å². The van der Waals surface area contributed by atoms with Crippen molar-refractivity contribution in [3.63, 3.8) is 0 Å². The Labute approximate surface area is 132 Å². The molecule has 1 saturated heterocycles. The molecule has 1 N–H and O–H groups in total. The van der Waals surface area contributed by atoms with E-state index in [1.54, 1.807) is 18.3 Å². The molecule has 1 fully saturated rings. The first kappa shape index (κ1) is 15.0. The predicted octanol–water partition coefficient (Wildman–Crippen LogP) is 3.12. The van der Waals surface area contributed by atoms with Gasteiger partial charge in [-0.15, -0.1) is 0 Å². The lowest BCUT2D eigenvalue weighted by atomic mass is 10.0. The van der Waals surface area contributed by atoms with Crippen molar-refractivity contribution in [3.8, 4) is 0 Å². The van der Waals surface area contributed by atoms with E-state index in [4.69, 9.17) is 0 Å². The lowest BCUT2D eigenvalue weighted by molar-refractivity contribution is -0.0452. The Bertz CT molecular complexity index is 678. The summed E-state index contributed by atoms with van der Waals surface area (Å²) >= 11 is 1.47. The highest BCUT2D eigenvalue weighted by Crippen LogP contribution is 2.39. The summed E-state index contributed by atoms with van der Waals surface area (Å²) in [6.45, 7) is 2.54. The first-order valence-electron chi connectivity index (χ1n) is 7.02. The van der Waals surface area contributed by atoms with Crippen LogP contribution in [0.4, 0.5) is 10.2 Å². The maximum absolute atomic E-state index is 13.1. The predicted molar refractivity (Wildman–Crippen MR) is 86.5 cm³/mol. The van der Waals surface area contributed by atoms with E-state index in [0.29, 0.717) is 28.8 Å². The molecule has 1 aromatic heterocycles. The fourth-order valence-electron chi connectivity index (χ4n) is 2.44. The van der Waals surface area contributed by atoms with Gasteiger partial charge in [0.1, 0.15) is 5.82 Å². The second-order valence-corrected chi connectivity index (χ2v) is 5.88. The van der Waals surface area contributed by atoms with Crippen LogP contribution in [0.25, 0.3) is 0 Å². The SMILES string of the molecule is CCN1/C(=N/c2ccccn2)SCC1(O)c1ccc(F)cc1. The largest absolute Gasteiger partial charge is 0.366 e. The van der Waals surface area contributed by atoms with Crippen molar-refractivity contribution >= 4 is 22.7 Å². The van der Waals surface area contributed by atoms with Crippen LogP contribution >= 0.6 is 11.8 Å². The molecule has 22 heavy (non-hydrogen) atoms. The third-order valence-electron chi connectivity index (χ3n) is 3.56. The second-order valence-electron chi connectivity index (χ2n) is 4.94. The van der Waals surface area contributed by atoms with Crippen LogP contribution in [0, 0.1) is 5.82 Å². The quantitative estimate of drug-likeness (QED) is 0.945. The van der Waals surface area contributed by atoms with E-state index in [2.05, 4.69) is 9.98 Å². The lowest BCUT2D eigenvalue weighted by Crippen LogP contribution is -2.44. The molecular weight excluding hydrogens is 301 g/mol. The van der Waals surface area contributed by atoms with E-state index in [-0.39, 0.29) is 5.82 Å². The zero-order chi connectivity index (χ0) is 15.6. The Morgan fingerprint density at radius 3 is 2.73 bits per heavy atom. The Morgan fingerprint density at radius 1 is 1.32 bits per heavy atom. The van der Waals surface area contributed by atoms with Crippen molar-refractivity contribution in [2.24, 2.45) is 4.99 Å². The first-order chi connectivity index (χ1) is 10.6. The van der Waals surface area contributed by atoms with Gasteiger partial charge in [0.2, 0.25) is 0 Å².